The van der Waals surface area contributed by atoms with Gasteiger partial charge < -0.3 is 16.4 Å². The third-order valence-electron chi connectivity index (χ3n) is 3.60. The Labute approximate surface area is 140 Å². The van der Waals surface area contributed by atoms with Crippen LogP contribution < -0.4 is 16.4 Å². The molecule has 134 valence electrons. The van der Waals surface area contributed by atoms with E-state index in [1.54, 1.807) is 0 Å². The first-order valence-corrected chi connectivity index (χ1v) is 8.59. The van der Waals surface area contributed by atoms with Crippen LogP contribution in [0.15, 0.2) is 0 Å². The second-order valence-corrected chi connectivity index (χ2v) is 6.56. The van der Waals surface area contributed by atoms with Gasteiger partial charge in [0.2, 0.25) is 11.8 Å². The number of unbranched alkanes of at least 4 members (excludes halogenated alkanes) is 1. The van der Waals surface area contributed by atoms with E-state index in [4.69, 9.17) is 5.73 Å². The van der Waals surface area contributed by atoms with Crippen LogP contribution in [-0.4, -0.2) is 36.7 Å². The summed E-state index contributed by atoms with van der Waals surface area (Å²) in [7, 11) is 0. The molecule has 0 radical (unpaired) electrons. The van der Waals surface area contributed by atoms with Crippen LogP contribution in [0.5, 0.6) is 0 Å². The molecule has 6 nitrogen and oxygen atoms in total. The second kappa shape index (κ2) is 12.0. The second-order valence-electron chi connectivity index (χ2n) is 6.56. The lowest BCUT2D eigenvalue weighted by molar-refractivity contribution is -0.124. The van der Waals surface area contributed by atoms with Crippen LogP contribution in [0, 0.1) is 11.8 Å². The van der Waals surface area contributed by atoms with E-state index < -0.39 is 6.04 Å². The summed E-state index contributed by atoms with van der Waals surface area (Å²) in [6.07, 6.45) is 3.34. The SMILES string of the molecule is CC(C)C(=O)NCCCC(=O)NCCCCC(N)C(=O)C(C)C. The van der Waals surface area contributed by atoms with Gasteiger partial charge in [0.05, 0.1) is 6.04 Å². The molecule has 0 aliphatic rings. The molecule has 0 aromatic carbocycles. The summed E-state index contributed by atoms with van der Waals surface area (Å²) in [6.45, 7) is 8.50. The van der Waals surface area contributed by atoms with E-state index in [-0.39, 0.29) is 29.4 Å². The molecule has 0 aromatic heterocycles. The van der Waals surface area contributed by atoms with Crippen molar-refractivity contribution in [1.82, 2.24) is 10.6 Å². The monoisotopic (exact) mass is 327 g/mol. The highest BCUT2D eigenvalue weighted by Crippen LogP contribution is 2.05. The minimum absolute atomic E-state index is 0.00801. The van der Waals surface area contributed by atoms with E-state index >= 15 is 0 Å². The third kappa shape index (κ3) is 10.8. The molecule has 6 heteroatoms. The Kier molecular flexibility index (Phi) is 11.3. The normalized spacial score (nSPS) is 12.3. The largest absolute Gasteiger partial charge is 0.356 e. The highest BCUT2D eigenvalue weighted by molar-refractivity contribution is 5.85. The molecule has 2 amide bonds. The van der Waals surface area contributed by atoms with Crippen molar-refractivity contribution in [3.8, 4) is 0 Å². The van der Waals surface area contributed by atoms with Crippen LogP contribution in [0.25, 0.3) is 0 Å². The van der Waals surface area contributed by atoms with E-state index in [1.165, 1.54) is 0 Å². The Balaban J connectivity index is 3.57. The minimum Gasteiger partial charge on any atom is -0.356 e. The topological polar surface area (TPSA) is 101 Å². The Morgan fingerprint density at radius 3 is 2.04 bits per heavy atom. The van der Waals surface area contributed by atoms with Crippen molar-refractivity contribution in [2.75, 3.05) is 13.1 Å². The molecule has 0 aliphatic carbocycles. The number of ketones is 1. The van der Waals surface area contributed by atoms with Crippen LogP contribution in [0.4, 0.5) is 0 Å². The molecule has 0 saturated heterocycles. The fourth-order valence-electron chi connectivity index (χ4n) is 2.04. The van der Waals surface area contributed by atoms with Crippen LogP contribution in [-0.2, 0) is 14.4 Å². The molecule has 0 spiro atoms. The highest BCUT2D eigenvalue weighted by Gasteiger charge is 2.16. The van der Waals surface area contributed by atoms with E-state index in [9.17, 15) is 14.4 Å². The summed E-state index contributed by atoms with van der Waals surface area (Å²) in [6, 6.07) is -0.393. The molecule has 0 rings (SSSR count). The molecule has 1 atom stereocenters. The average molecular weight is 327 g/mol. The average Bonchev–Trinajstić information content (AvgIpc) is 2.49. The van der Waals surface area contributed by atoms with Crippen LogP contribution in [0.3, 0.4) is 0 Å². The minimum atomic E-state index is -0.393. The van der Waals surface area contributed by atoms with Gasteiger partial charge in [-0.25, -0.2) is 0 Å². The van der Waals surface area contributed by atoms with Gasteiger partial charge in [0.1, 0.15) is 0 Å². The predicted molar refractivity (Wildman–Crippen MR) is 91.8 cm³/mol. The Hall–Kier alpha value is -1.43. The molecule has 0 heterocycles. The summed E-state index contributed by atoms with van der Waals surface area (Å²) >= 11 is 0. The molecule has 0 aliphatic heterocycles. The van der Waals surface area contributed by atoms with Crippen molar-refractivity contribution in [1.29, 1.82) is 0 Å². The molecule has 0 saturated carbocycles. The van der Waals surface area contributed by atoms with Gasteiger partial charge in [0.25, 0.3) is 0 Å². The number of hydrogen-bond donors (Lipinski definition) is 3. The van der Waals surface area contributed by atoms with E-state index in [2.05, 4.69) is 10.6 Å². The molecule has 23 heavy (non-hydrogen) atoms. The van der Waals surface area contributed by atoms with Crippen LogP contribution in [0.2, 0.25) is 0 Å². The summed E-state index contributed by atoms with van der Waals surface area (Å²) in [4.78, 5) is 34.6. The predicted octanol–water partition coefficient (Wildman–Crippen LogP) is 1.38. The molecular weight excluding hydrogens is 294 g/mol. The maximum Gasteiger partial charge on any atom is 0.222 e. The first-order valence-electron chi connectivity index (χ1n) is 8.59. The molecular formula is C17H33N3O3. The fraction of sp³-hybridized carbons (Fsp3) is 0.824. The lowest BCUT2D eigenvalue weighted by Gasteiger charge is -2.12. The smallest absolute Gasteiger partial charge is 0.222 e. The molecule has 0 aromatic rings. The van der Waals surface area contributed by atoms with Gasteiger partial charge in [-0.3, -0.25) is 14.4 Å². The van der Waals surface area contributed by atoms with Gasteiger partial charge in [0.15, 0.2) is 5.78 Å². The van der Waals surface area contributed by atoms with Crippen molar-refractivity contribution < 1.29 is 14.4 Å². The number of carbonyl (C=O) groups excluding carboxylic acids is 3. The van der Waals surface area contributed by atoms with Gasteiger partial charge in [-0.1, -0.05) is 27.7 Å². The summed E-state index contributed by atoms with van der Waals surface area (Å²) in [5.74, 6) is 0.0418. The number of Topliss-reactive ketones (excluding diaryl/α,β-unsaturated/α-hetero) is 1. The van der Waals surface area contributed by atoms with Crippen molar-refractivity contribution >= 4 is 17.6 Å². The van der Waals surface area contributed by atoms with Gasteiger partial charge in [-0.15, -0.1) is 0 Å². The maximum atomic E-state index is 11.6. The van der Waals surface area contributed by atoms with Crippen molar-refractivity contribution in [2.24, 2.45) is 17.6 Å². The Bertz CT molecular complexity index is 381. The third-order valence-corrected chi connectivity index (χ3v) is 3.60. The quantitative estimate of drug-likeness (QED) is 0.471. The number of hydrogen-bond acceptors (Lipinski definition) is 4. The maximum absolute atomic E-state index is 11.6. The van der Waals surface area contributed by atoms with Crippen molar-refractivity contribution in [3.63, 3.8) is 0 Å². The van der Waals surface area contributed by atoms with Crippen molar-refractivity contribution in [2.45, 2.75) is 65.8 Å². The number of nitrogens with one attached hydrogen (secondary N) is 2. The van der Waals surface area contributed by atoms with Crippen LogP contribution >= 0.6 is 0 Å². The zero-order valence-electron chi connectivity index (χ0n) is 15.0. The Morgan fingerprint density at radius 1 is 0.870 bits per heavy atom. The van der Waals surface area contributed by atoms with E-state index in [1.807, 2.05) is 27.7 Å². The number of rotatable bonds is 12. The zero-order valence-corrected chi connectivity index (χ0v) is 15.0. The van der Waals surface area contributed by atoms with Gasteiger partial charge >= 0.3 is 0 Å². The molecule has 4 N–H and O–H groups in total. The summed E-state index contributed by atoms with van der Waals surface area (Å²) in [5.41, 5.74) is 5.82. The lowest BCUT2D eigenvalue weighted by Crippen LogP contribution is -2.34. The van der Waals surface area contributed by atoms with E-state index in [0.717, 1.165) is 12.8 Å². The fourth-order valence-corrected chi connectivity index (χ4v) is 2.04. The first kappa shape index (κ1) is 21.6. The number of amides is 2. The highest BCUT2D eigenvalue weighted by atomic mass is 16.2. The van der Waals surface area contributed by atoms with E-state index in [0.29, 0.717) is 32.4 Å². The number of carbonyl (C=O) groups is 3. The molecule has 1 unspecified atom stereocenters. The standard InChI is InChI=1S/C17H33N3O3/c1-12(2)16(22)14(18)8-5-6-10-19-15(21)9-7-11-20-17(23)13(3)4/h12-14H,5-11,18H2,1-4H3,(H,19,21)(H,20,23). The molecule has 0 bridgehead atoms. The summed E-state index contributed by atoms with van der Waals surface area (Å²) in [5, 5.41) is 5.62. The zero-order chi connectivity index (χ0) is 17.8. The first-order chi connectivity index (χ1) is 10.8. The van der Waals surface area contributed by atoms with Gasteiger partial charge in [-0.05, 0) is 25.7 Å². The lowest BCUT2D eigenvalue weighted by atomic mass is 9.98. The summed E-state index contributed by atoms with van der Waals surface area (Å²) < 4.78 is 0. The molecule has 0 fully saturated rings. The number of nitrogens with two attached hydrogens (primary N) is 1. The van der Waals surface area contributed by atoms with Gasteiger partial charge in [0, 0.05) is 31.3 Å². The van der Waals surface area contributed by atoms with Crippen LogP contribution in [0.1, 0.15) is 59.8 Å². The van der Waals surface area contributed by atoms with Gasteiger partial charge in [-0.2, -0.15) is 0 Å². The van der Waals surface area contributed by atoms with Crippen molar-refractivity contribution in [3.05, 3.63) is 0 Å². The Morgan fingerprint density at radius 2 is 1.48 bits per heavy atom.